The maximum atomic E-state index is 16.5. The van der Waals surface area contributed by atoms with Gasteiger partial charge in [-0.2, -0.15) is 79.0 Å². The van der Waals surface area contributed by atoms with Crippen molar-refractivity contribution in [2.24, 2.45) is 0 Å². The lowest BCUT2D eigenvalue weighted by Crippen LogP contribution is -2.53. The van der Waals surface area contributed by atoms with Crippen LogP contribution in [0.15, 0.2) is 138 Å². The topological polar surface area (TPSA) is 201 Å². The van der Waals surface area contributed by atoms with Gasteiger partial charge in [-0.25, -0.2) is 0 Å². The van der Waals surface area contributed by atoms with E-state index in [9.17, 15) is 103 Å². The number of halogens is 18. The molecule has 0 saturated carbocycles. The van der Waals surface area contributed by atoms with E-state index in [2.05, 4.69) is 0 Å². The van der Waals surface area contributed by atoms with Crippen LogP contribution in [0.5, 0.6) is 11.5 Å². The van der Waals surface area contributed by atoms with E-state index in [1.165, 1.54) is 104 Å². The number of hydrogen-bond donors (Lipinski definition) is 9. The molecule has 7 unspecified atom stereocenters. The summed E-state index contributed by atoms with van der Waals surface area (Å²) in [6.45, 7) is 2.11. The van der Waals surface area contributed by atoms with Crippen LogP contribution in [0.25, 0.3) is 21.6 Å². The fourth-order valence-corrected chi connectivity index (χ4v) is 15.1. The maximum absolute atomic E-state index is 16.5. The molecule has 0 saturated heterocycles. The molecule has 0 bridgehead atoms. The minimum absolute atomic E-state index is 0.0251. The summed E-state index contributed by atoms with van der Waals surface area (Å²) in [5.74, 6) is -36.1. The Balaban J connectivity index is 1.17. The van der Waals surface area contributed by atoms with E-state index in [4.69, 9.17) is 9.47 Å². The average Bonchev–Trinajstić information content (AvgIpc) is 1.30. The van der Waals surface area contributed by atoms with Gasteiger partial charge in [0, 0.05) is 47.3 Å². The van der Waals surface area contributed by atoms with Crippen molar-refractivity contribution in [1.82, 2.24) is 0 Å². The average molecular weight is 1560 g/mol. The van der Waals surface area contributed by atoms with Crippen molar-refractivity contribution in [2.45, 2.75) is 158 Å². The highest BCUT2D eigenvalue weighted by Crippen LogP contribution is 2.58. The molecule has 0 amide bonds. The van der Waals surface area contributed by atoms with Crippen LogP contribution in [0.4, 0.5) is 79.0 Å². The predicted molar refractivity (Wildman–Crippen MR) is 352 cm³/mol. The Labute approximate surface area is 598 Å². The summed E-state index contributed by atoms with van der Waals surface area (Å²) >= 11 is 2.40. The zero-order valence-corrected chi connectivity index (χ0v) is 57.8. The summed E-state index contributed by atoms with van der Waals surface area (Å²) in [4.78, 5) is 0.139. The number of hydrogen-bond acceptors (Lipinski definition) is 14. The Hall–Kier alpha value is -7.60. The molecular formula is C73H64F18O11S3. The van der Waals surface area contributed by atoms with E-state index < -0.39 is 177 Å². The van der Waals surface area contributed by atoms with Gasteiger partial charge in [-0.05, 0) is 184 Å². The van der Waals surface area contributed by atoms with Crippen LogP contribution in [0.1, 0.15) is 129 Å². The molecule has 9 aromatic rings. The third-order valence-corrected chi connectivity index (χ3v) is 21.4. The van der Waals surface area contributed by atoms with Crippen LogP contribution in [0, 0.1) is 27.7 Å². The molecule has 0 aliphatic rings. The number of aliphatic hydroxyl groups is 9. The molecule has 3 aromatic heterocycles. The quantitative estimate of drug-likeness (QED) is 0.0222. The summed E-state index contributed by atoms with van der Waals surface area (Å²) in [6.07, 6.45) is -27.8. The first kappa shape index (κ1) is 81.5. The number of alkyl halides is 18. The van der Waals surface area contributed by atoms with Gasteiger partial charge < -0.3 is 55.4 Å². The molecule has 105 heavy (non-hydrogen) atoms. The molecule has 3 heterocycles. The molecule has 32 heteroatoms. The Kier molecular flexibility index (Phi) is 23.2. The summed E-state index contributed by atoms with van der Waals surface area (Å²) in [7, 11) is 0. The van der Waals surface area contributed by atoms with Crippen LogP contribution in [0.3, 0.4) is 0 Å². The first-order chi connectivity index (χ1) is 48.7. The number of thiophene rings is 3. The third kappa shape index (κ3) is 14.7. The molecule has 566 valence electrons. The van der Waals surface area contributed by atoms with Crippen molar-refractivity contribution in [3.63, 3.8) is 0 Å². The number of ether oxygens (including phenoxy) is 2. The monoisotopic (exact) mass is 1550 g/mol. The molecule has 6 aromatic carbocycles. The molecular weight excluding hydrogens is 1490 g/mol. The van der Waals surface area contributed by atoms with Crippen molar-refractivity contribution in [1.29, 1.82) is 0 Å². The van der Waals surface area contributed by atoms with Gasteiger partial charge in [-0.15, -0.1) is 34.0 Å². The van der Waals surface area contributed by atoms with Crippen LogP contribution >= 0.6 is 34.0 Å². The second-order valence-electron chi connectivity index (χ2n) is 24.8. The van der Waals surface area contributed by atoms with E-state index >= 15 is 22.0 Å². The molecule has 7 atom stereocenters. The summed E-state index contributed by atoms with van der Waals surface area (Å²) in [5, 5.41) is 108. The first-order valence-electron chi connectivity index (χ1n) is 31.4. The highest BCUT2D eigenvalue weighted by Gasteiger charge is 2.75. The maximum Gasteiger partial charge on any atom is 0.459 e. The lowest BCUT2D eigenvalue weighted by atomic mass is 9.74. The highest BCUT2D eigenvalue weighted by atomic mass is 32.1. The van der Waals surface area contributed by atoms with Crippen LogP contribution in [-0.4, -0.2) is 82.3 Å². The SMILES string of the molecule is CCc1cccc(-c2ccc(COc3ccc(CO)c(C(O)(C(O)c4cc(CCc5sccc5-c5ccc(C)c(C)c5C(O)(F)C(F)(F)C(F)(F)F)ccc4CO)C(O)c4cc(OC(c5cccs5)c5ccc(C)c(C)c5C(O)(F)C(F)(F)C(F)(F)F)ccc4CO)c3)s2)c1C(O)(F)C(F)(F)C(F)(F)F. The summed E-state index contributed by atoms with van der Waals surface area (Å²) in [6, 6.07) is 24.3. The van der Waals surface area contributed by atoms with Crippen molar-refractivity contribution in [3.8, 4) is 33.1 Å². The Morgan fingerprint density at radius 1 is 0.448 bits per heavy atom. The first-order valence-corrected chi connectivity index (χ1v) is 34.0. The molecule has 0 aliphatic carbocycles. The Morgan fingerprint density at radius 2 is 0.981 bits per heavy atom. The molecule has 0 aliphatic heterocycles. The van der Waals surface area contributed by atoms with Gasteiger partial charge in [0.05, 0.1) is 19.8 Å². The zero-order chi connectivity index (χ0) is 77.9. The van der Waals surface area contributed by atoms with Gasteiger partial charge in [-0.3, -0.25) is 0 Å². The standard InChI is InChI=1S/C73H64F18O11S3/c1-6-41-9-7-10-50(60(41)67(76,100)70(81,82)73(89,90)91)56-25-21-47(105-56)35-101-45-19-18-44(34-94)54(31-45)64(97,62(95)52-29-40(14-16-42(52)32-92)15-24-55-48(26-28-104-55)49-22-12-36(2)38(4)58(49)65(74,98)68(77,78)71(83,84)85)63(96)53-30-46(20-17-43(53)33-93)102-61(57-11-8-27-103-57)51-23-13-37(3)39(5)59(51)66(75,99)69(79,80)72(86,87)88/h7-14,16-23,25-31,61-63,92-100H,6,15,24,32-35H2,1-5H3. The largest absolute Gasteiger partial charge is 0.488 e. The van der Waals surface area contributed by atoms with Crippen LogP contribution < -0.4 is 9.47 Å². The second-order valence-corrected chi connectivity index (χ2v) is 28.0. The fraction of sp³-hybridized carbons (Fsp3) is 0.342. The van der Waals surface area contributed by atoms with Gasteiger partial charge in [0.25, 0.3) is 0 Å². The van der Waals surface area contributed by atoms with Crippen molar-refractivity contribution >= 4 is 34.0 Å². The van der Waals surface area contributed by atoms with E-state index in [0.29, 0.717) is 11.3 Å². The minimum Gasteiger partial charge on any atom is -0.488 e. The smallest absolute Gasteiger partial charge is 0.459 e. The number of benzene rings is 6. The Morgan fingerprint density at radius 3 is 1.54 bits per heavy atom. The van der Waals surface area contributed by atoms with Gasteiger partial charge in [0.1, 0.15) is 35.9 Å². The van der Waals surface area contributed by atoms with Crippen LogP contribution in [0.2, 0.25) is 0 Å². The van der Waals surface area contributed by atoms with Gasteiger partial charge in [0.15, 0.2) is 6.10 Å². The molecule has 0 fully saturated rings. The van der Waals surface area contributed by atoms with Gasteiger partial charge in [-0.1, -0.05) is 85.8 Å². The van der Waals surface area contributed by atoms with Crippen LogP contribution in [-0.2, 0) is 68.9 Å². The number of aliphatic hydroxyl groups excluding tert-OH is 5. The van der Waals surface area contributed by atoms with E-state index in [1.54, 1.807) is 0 Å². The lowest BCUT2D eigenvalue weighted by Gasteiger charge is -2.40. The van der Waals surface area contributed by atoms with E-state index in [0.717, 1.165) is 91.1 Å². The lowest BCUT2D eigenvalue weighted by molar-refractivity contribution is -0.379. The molecule has 11 nitrogen and oxygen atoms in total. The highest BCUT2D eigenvalue weighted by molar-refractivity contribution is 7.15. The van der Waals surface area contributed by atoms with Crippen molar-refractivity contribution in [3.05, 3.63) is 242 Å². The van der Waals surface area contributed by atoms with Gasteiger partial charge >= 0.3 is 53.9 Å². The Bertz CT molecular complexity index is 4600. The molecule has 0 spiro atoms. The molecule has 9 rings (SSSR count). The number of aryl methyl sites for hydroxylation is 5. The fourth-order valence-electron chi connectivity index (χ4n) is 12.4. The second kappa shape index (κ2) is 29.9. The predicted octanol–water partition coefficient (Wildman–Crippen LogP) is 17.6. The normalized spacial score (nSPS) is 16.1. The van der Waals surface area contributed by atoms with Crippen molar-refractivity contribution in [2.75, 3.05) is 0 Å². The zero-order valence-electron chi connectivity index (χ0n) is 55.3. The van der Waals surface area contributed by atoms with E-state index in [1.807, 2.05) is 0 Å². The van der Waals surface area contributed by atoms with Gasteiger partial charge in [0.2, 0.25) is 0 Å². The molecule has 0 radical (unpaired) electrons. The molecule has 9 N–H and O–H groups in total. The number of rotatable bonds is 27. The minimum atomic E-state index is -6.68. The summed E-state index contributed by atoms with van der Waals surface area (Å²) in [5.41, 5.74) is -13.6. The third-order valence-electron chi connectivity index (χ3n) is 18.4. The van der Waals surface area contributed by atoms with E-state index in [-0.39, 0.29) is 83.5 Å². The summed E-state index contributed by atoms with van der Waals surface area (Å²) < 4.78 is 276. The van der Waals surface area contributed by atoms with Crippen molar-refractivity contribution < 1.29 is 134 Å².